The molecule has 2 N–H and O–H groups in total. The van der Waals surface area contributed by atoms with Gasteiger partial charge in [0.05, 0.1) is 17.9 Å². The molecule has 168 valence electrons. The average molecular weight is 475 g/mol. The monoisotopic (exact) mass is 474 g/mol. The first kappa shape index (κ1) is 23.5. The van der Waals surface area contributed by atoms with Gasteiger partial charge in [0, 0.05) is 5.69 Å². The first-order valence-corrected chi connectivity index (χ1v) is 11.5. The van der Waals surface area contributed by atoms with Crippen LogP contribution in [0.3, 0.4) is 0 Å². The topological polar surface area (TPSA) is 123 Å². The molecule has 2 aromatic heterocycles. The van der Waals surface area contributed by atoms with Gasteiger partial charge in [0.25, 0.3) is 0 Å². The third-order valence-electron chi connectivity index (χ3n) is 4.29. The van der Waals surface area contributed by atoms with Gasteiger partial charge in [-0.15, -0.1) is 10.2 Å². The lowest BCUT2D eigenvalue weighted by atomic mass is 10.1. The SMILES string of the molecule is CCOC(=O)c1c(NC(=O)CSc2nnc(Nc3ccccc3C)s2)oc(C)c1C(C)=O. The van der Waals surface area contributed by atoms with E-state index < -0.39 is 11.9 Å². The van der Waals surface area contributed by atoms with E-state index >= 15 is 0 Å². The number of anilines is 3. The summed E-state index contributed by atoms with van der Waals surface area (Å²) >= 11 is 2.51. The number of nitrogens with zero attached hydrogens (tertiary/aromatic N) is 2. The second-order valence-electron chi connectivity index (χ2n) is 6.66. The third kappa shape index (κ3) is 5.54. The van der Waals surface area contributed by atoms with Crippen LogP contribution in [0, 0.1) is 13.8 Å². The Balaban J connectivity index is 1.65. The van der Waals surface area contributed by atoms with Crippen LogP contribution in [0.5, 0.6) is 0 Å². The van der Waals surface area contributed by atoms with Crippen molar-refractivity contribution >= 4 is 57.5 Å². The Kier molecular flexibility index (Phi) is 7.65. The van der Waals surface area contributed by atoms with Crippen molar-refractivity contribution in [2.75, 3.05) is 23.0 Å². The predicted octanol–water partition coefficient (Wildman–Crippen LogP) is 4.60. The molecule has 3 rings (SSSR count). The van der Waals surface area contributed by atoms with Crippen molar-refractivity contribution < 1.29 is 23.5 Å². The maximum absolute atomic E-state index is 12.5. The minimum absolute atomic E-state index is 0.0103. The van der Waals surface area contributed by atoms with Gasteiger partial charge in [-0.3, -0.25) is 14.9 Å². The van der Waals surface area contributed by atoms with Crippen molar-refractivity contribution in [3.8, 4) is 0 Å². The average Bonchev–Trinajstić information content (AvgIpc) is 3.32. The largest absolute Gasteiger partial charge is 0.462 e. The molecule has 32 heavy (non-hydrogen) atoms. The van der Waals surface area contributed by atoms with E-state index in [1.165, 1.54) is 30.0 Å². The summed E-state index contributed by atoms with van der Waals surface area (Å²) in [5, 5.41) is 14.5. The van der Waals surface area contributed by atoms with Crippen molar-refractivity contribution in [2.24, 2.45) is 0 Å². The molecule has 0 fully saturated rings. The van der Waals surface area contributed by atoms with E-state index in [-0.39, 0.29) is 40.9 Å². The molecular weight excluding hydrogens is 452 g/mol. The molecule has 0 aliphatic rings. The van der Waals surface area contributed by atoms with Gasteiger partial charge in [-0.25, -0.2) is 4.79 Å². The molecule has 0 spiro atoms. The first-order valence-electron chi connectivity index (χ1n) is 9.70. The molecule has 9 nitrogen and oxygen atoms in total. The van der Waals surface area contributed by atoms with Crippen molar-refractivity contribution in [3.63, 3.8) is 0 Å². The zero-order valence-corrected chi connectivity index (χ0v) is 19.6. The molecule has 2 heterocycles. The summed E-state index contributed by atoms with van der Waals surface area (Å²) in [5.74, 6) is -1.36. The molecule has 1 aromatic carbocycles. The summed E-state index contributed by atoms with van der Waals surface area (Å²) in [6.07, 6.45) is 0. The number of Topliss-reactive ketones (excluding diaryl/α,β-unsaturated/α-hetero) is 1. The van der Waals surface area contributed by atoms with Gasteiger partial charge >= 0.3 is 5.97 Å². The van der Waals surface area contributed by atoms with Gasteiger partial charge in [0.15, 0.2) is 10.1 Å². The van der Waals surface area contributed by atoms with Gasteiger partial charge in [0.1, 0.15) is 11.3 Å². The molecule has 0 saturated carbocycles. The number of ketones is 1. The highest BCUT2D eigenvalue weighted by atomic mass is 32.2. The standard InChI is InChI=1S/C21H22N4O5S2/c1-5-29-19(28)17-16(12(3)26)13(4)30-18(17)23-15(27)10-31-21-25-24-20(32-21)22-14-9-7-6-8-11(14)2/h6-9H,5,10H2,1-4H3,(H,22,24)(H,23,27). The Morgan fingerprint density at radius 2 is 1.91 bits per heavy atom. The van der Waals surface area contributed by atoms with E-state index in [0.29, 0.717) is 9.47 Å². The molecule has 0 aliphatic heterocycles. The number of ether oxygens (including phenoxy) is 1. The van der Waals surface area contributed by atoms with Crippen LogP contribution in [0.2, 0.25) is 0 Å². The number of carbonyl (C=O) groups excluding carboxylic acids is 3. The molecule has 0 atom stereocenters. The Bertz CT molecular complexity index is 1160. The lowest BCUT2D eigenvalue weighted by molar-refractivity contribution is -0.113. The smallest absolute Gasteiger partial charge is 0.344 e. The number of hydrogen-bond acceptors (Lipinski definition) is 10. The highest BCUT2D eigenvalue weighted by Gasteiger charge is 2.28. The van der Waals surface area contributed by atoms with E-state index in [0.717, 1.165) is 11.3 Å². The number of thioether (sulfide) groups is 1. The van der Waals surface area contributed by atoms with Crippen LogP contribution >= 0.6 is 23.1 Å². The van der Waals surface area contributed by atoms with E-state index in [9.17, 15) is 14.4 Å². The van der Waals surface area contributed by atoms with Crippen molar-refractivity contribution in [3.05, 3.63) is 46.7 Å². The molecule has 1 amide bonds. The Morgan fingerprint density at radius 1 is 1.16 bits per heavy atom. The summed E-state index contributed by atoms with van der Waals surface area (Å²) in [6, 6.07) is 7.81. The quantitative estimate of drug-likeness (QED) is 0.260. The van der Waals surface area contributed by atoms with Crippen LogP contribution in [0.4, 0.5) is 16.7 Å². The summed E-state index contributed by atoms with van der Waals surface area (Å²) < 4.78 is 11.1. The summed E-state index contributed by atoms with van der Waals surface area (Å²) in [7, 11) is 0. The van der Waals surface area contributed by atoms with Crippen molar-refractivity contribution in [2.45, 2.75) is 32.0 Å². The maximum atomic E-state index is 12.5. The van der Waals surface area contributed by atoms with Gasteiger partial charge in [0.2, 0.25) is 16.9 Å². The number of aromatic nitrogens is 2. The lowest BCUT2D eigenvalue weighted by Gasteiger charge is -2.05. The highest BCUT2D eigenvalue weighted by Crippen LogP contribution is 2.31. The number of furan rings is 1. The lowest BCUT2D eigenvalue weighted by Crippen LogP contribution is -2.17. The molecule has 0 radical (unpaired) electrons. The molecule has 3 aromatic rings. The fourth-order valence-corrected chi connectivity index (χ4v) is 4.46. The minimum atomic E-state index is -0.728. The van der Waals surface area contributed by atoms with E-state index in [4.69, 9.17) is 9.15 Å². The number of nitrogens with one attached hydrogen (secondary N) is 2. The Hall–Kier alpha value is -3.18. The molecule has 0 saturated heterocycles. The summed E-state index contributed by atoms with van der Waals surface area (Å²) in [4.78, 5) is 36.7. The minimum Gasteiger partial charge on any atom is -0.462 e. The Labute approximate surface area is 192 Å². The number of benzene rings is 1. The van der Waals surface area contributed by atoms with Crippen molar-refractivity contribution in [1.82, 2.24) is 10.2 Å². The van der Waals surface area contributed by atoms with Gasteiger partial charge in [-0.2, -0.15) is 0 Å². The van der Waals surface area contributed by atoms with Crippen LogP contribution in [-0.2, 0) is 9.53 Å². The molecule has 0 unspecified atom stereocenters. The third-order valence-corrected chi connectivity index (χ3v) is 6.26. The van der Waals surface area contributed by atoms with Gasteiger partial charge < -0.3 is 14.5 Å². The van der Waals surface area contributed by atoms with Crippen LogP contribution < -0.4 is 10.6 Å². The molecular formula is C21H22N4O5S2. The second kappa shape index (κ2) is 10.4. The van der Waals surface area contributed by atoms with Crippen molar-refractivity contribution in [1.29, 1.82) is 0 Å². The molecule has 11 heteroatoms. The van der Waals surface area contributed by atoms with E-state index in [1.807, 2.05) is 31.2 Å². The first-order chi connectivity index (χ1) is 15.3. The van der Waals surface area contributed by atoms with Crippen LogP contribution in [0.15, 0.2) is 33.0 Å². The number of esters is 1. The van der Waals surface area contributed by atoms with E-state index in [1.54, 1.807) is 13.8 Å². The Morgan fingerprint density at radius 3 is 2.59 bits per heavy atom. The number of amides is 1. The van der Waals surface area contributed by atoms with Gasteiger partial charge in [-0.1, -0.05) is 41.3 Å². The maximum Gasteiger partial charge on any atom is 0.344 e. The second-order valence-corrected chi connectivity index (χ2v) is 8.86. The number of para-hydroxylation sites is 1. The zero-order chi connectivity index (χ0) is 23.3. The summed E-state index contributed by atoms with van der Waals surface area (Å²) in [6.45, 7) is 6.63. The zero-order valence-electron chi connectivity index (χ0n) is 18.0. The van der Waals surface area contributed by atoms with Crippen LogP contribution in [-0.4, -0.2) is 40.2 Å². The van der Waals surface area contributed by atoms with Crippen LogP contribution in [0.1, 0.15) is 45.9 Å². The molecule has 0 aliphatic carbocycles. The van der Waals surface area contributed by atoms with Gasteiger partial charge in [-0.05, 0) is 39.3 Å². The van der Waals surface area contributed by atoms with Crippen LogP contribution in [0.25, 0.3) is 0 Å². The number of carbonyl (C=O) groups is 3. The number of rotatable bonds is 9. The number of hydrogen-bond donors (Lipinski definition) is 2. The fourth-order valence-electron chi connectivity index (χ4n) is 2.89. The normalized spacial score (nSPS) is 10.6. The summed E-state index contributed by atoms with van der Waals surface area (Å²) in [5.41, 5.74) is 2.03. The fraction of sp³-hybridized carbons (Fsp3) is 0.286. The molecule has 0 bridgehead atoms. The van der Waals surface area contributed by atoms with E-state index in [2.05, 4.69) is 20.8 Å². The predicted molar refractivity (Wildman–Crippen MR) is 123 cm³/mol. The highest BCUT2D eigenvalue weighted by molar-refractivity contribution is 8.01. The number of aryl methyl sites for hydroxylation is 2.